The molecule has 98 valence electrons. The number of carboxylic acids is 1. The average Bonchev–Trinajstić information content (AvgIpc) is 2.36. The van der Waals surface area contributed by atoms with E-state index in [1.807, 2.05) is 13.8 Å². The van der Waals surface area contributed by atoms with E-state index in [0.717, 1.165) is 16.8 Å². The minimum atomic E-state index is -1.01. The van der Waals surface area contributed by atoms with E-state index in [1.54, 1.807) is 30.3 Å². The molecule has 0 saturated carbocycles. The molecule has 0 atom stereocenters. The number of carbonyl (C=O) groups is 1. The van der Waals surface area contributed by atoms with Gasteiger partial charge in [0, 0.05) is 5.69 Å². The third-order valence-electron chi connectivity index (χ3n) is 2.91. The van der Waals surface area contributed by atoms with E-state index >= 15 is 0 Å². The Kier molecular flexibility index (Phi) is 3.42. The number of benzene rings is 2. The number of carboxylic acid groups (broad SMARTS) is 1. The van der Waals surface area contributed by atoms with Gasteiger partial charge in [0.05, 0.1) is 0 Å². The van der Waals surface area contributed by atoms with Crippen molar-refractivity contribution in [1.82, 2.24) is 0 Å². The van der Waals surface area contributed by atoms with E-state index in [0.29, 0.717) is 11.5 Å². The zero-order valence-corrected chi connectivity index (χ0v) is 10.8. The molecule has 0 aromatic heterocycles. The van der Waals surface area contributed by atoms with Crippen molar-refractivity contribution in [2.75, 3.05) is 5.73 Å². The van der Waals surface area contributed by atoms with Gasteiger partial charge in [0.1, 0.15) is 17.1 Å². The van der Waals surface area contributed by atoms with Crippen LogP contribution in [0.4, 0.5) is 5.69 Å². The molecule has 0 amide bonds. The van der Waals surface area contributed by atoms with Crippen molar-refractivity contribution in [2.24, 2.45) is 0 Å². The Morgan fingerprint density at radius 3 is 2.32 bits per heavy atom. The SMILES string of the molecule is Cc1cc(Oc2ccccc2C(=O)O)cc(C)c1N. The molecule has 0 bridgehead atoms. The zero-order chi connectivity index (χ0) is 14.0. The van der Waals surface area contributed by atoms with Crippen LogP contribution in [0.3, 0.4) is 0 Å². The number of aryl methyl sites for hydroxylation is 2. The Morgan fingerprint density at radius 2 is 1.74 bits per heavy atom. The van der Waals surface area contributed by atoms with E-state index < -0.39 is 5.97 Å². The molecule has 4 heteroatoms. The highest BCUT2D eigenvalue weighted by Crippen LogP contribution is 2.29. The maximum Gasteiger partial charge on any atom is 0.339 e. The molecule has 0 unspecified atom stereocenters. The van der Waals surface area contributed by atoms with Gasteiger partial charge in [-0.15, -0.1) is 0 Å². The highest BCUT2D eigenvalue weighted by atomic mass is 16.5. The summed E-state index contributed by atoms with van der Waals surface area (Å²) in [5, 5.41) is 9.10. The normalized spacial score (nSPS) is 10.2. The molecule has 2 aromatic rings. The van der Waals surface area contributed by atoms with Crippen LogP contribution in [-0.4, -0.2) is 11.1 Å². The van der Waals surface area contributed by atoms with Gasteiger partial charge >= 0.3 is 5.97 Å². The predicted molar refractivity (Wildman–Crippen MR) is 73.8 cm³/mol. The Hall–Kier alpha value is -2.49. The minimum absolute atomic E-state index is 0.134. The molecule has 0 saturated heterocycles. The maximum absolute atomic E-state index is 11.1. The lowest BCUT2D eigenvalue weighted by Gasteiger charge is -2.12. The number of hydrogen-bond donors (Lipinski definition) is 2. The number of nitrogens with two attached hydrogens (primary N) is 1. The first-order valence-electron chi connectivity index (χ1n) is 5.86. The molecule has 0 radical (unpaired) electrons. The molecule has 3 N–H and O–H groups in total. The lowest BCUT2D eigenvalue weighted by molar-refractivity contribution is 0.0694. The van der Waals surface area contributed by atoms with Gasteiger partial charge in [-0.05, 0) is 49.2 Å². The molecule has 2 aromatic carbocycles. The van der Waals surface area contributed by atoms with Crippen molar-refractivity contribution in [2.45, 2.75) is 13.8 Å². The van der Waals surface area contributed by atoms with Gasteiger partial charge in [0.2, 0.25) is 0 Å². The number of anilines is 1. The average molecular weight is 257 g/mol. The van der Waals surface area contributed by atoms with E-state index in [4.69, 9.17) is 15.6 Å². The molecule has 0 heterocycles. The molecule has 4 nitrogen and oxygen atoms in total. The molecular formula is C15H15NO3. The Bertz CT molecular complexity index is 612. The van der Waals surface area contributed by atoms with Crippen LogP contribution in [-0.2, 0) is 0 Å². The quantitative estimate of drug-likeness (QED) is 0.827. The summed E-state index contributed by atoms with van der Waals surface area (Å²) in [5.41, 5.74) is 8.54. The van der Waals surface area contributed by atoms with E-state index in [1.165, 1.54) is 6.07 Å². The van der Waals surface area contributed by atoms with Crippen molar-refractivity contribution >= 4 is 11.7 Å². The molecule has 0 aliphatic heterocycles. The van der Waals surface area contributed by atoms with Crippen molar-refractivity contribution in [3.05, 3.63) is 53.1 Å². The predicted octanol–water partition coefficient (Wildman–Crippen LogP) is 3.38. The van der Waals surface area contributed by atoms with Crippen LogP contribution in [0.2, 0.25) is 0 Å². The van der Waals surface area contributed by atoms with Crippen molar-refractivity contribution in [3.8, 4) is 11.5 Å². The number of hydrogen-bond acceptors (Lipinski definition) is 3. The monoisotopic (exact) mass is 257 g/mol. The minimum Gasteiger partial charge on any atom is -0.478 e. The lowest BCUT2D eigenvalue weighted by atomic mass is 10.1. The maximum atomic E-state index is 11.1. The van der Waals surface area contributed by atoms with Crippen LogP contribution in [0, 0.1) is 13.8 Å². The standard InChI is InChI=1S/C15H15NO3/c1-9-7-11(8-10(2)14(9)16)19-13-6-4-3-5-12(13)15(17)18/h3-8H,16H2,1-2H3,(H,17,18). The lowest BCUT2D eigenvalue weighted by Crippen LogP contribution is -2.00. The molecule has 0 aliphatic rings. The van der Waals surface area contributed by atoms with Crippen LogP contribution >= 0.6 is 0 Å². The second-order valence-corrected chi connectivity index (χ2v) is 4.37. The first-order valence-corrected chi connectivity index (χ1v) is 5.86. The van der Waals surface area contributed by atoms with Crippen LogP contribution < -0.4 is 10.5 Å². The number of para-hydroxylation sites is 1. The number of aromatic carboxylic acids is 1. The molecule has 0 spiro atoms. The second-order valence-electron chi connectivity index (χ2n) is 4.37. The third-order valence-corrected chi connectivity index (χ3v) is 2.91. The summed E-state index contributed by atoms with van der Waals surface area (Å²) in [6.45, 7) is 3.77. The van der Waals surface area contributed by atoms with E-state index in [-0.39, 0.29) is 5.56 Å². The van der Waals surface area contributed by atoms with Crippen LogP contribution in [0.25, 0.3) is 0 Å². The Labute approximate surface area is 111 Å². The van der Waals surface area contributed by atoms with E-state index in [2.05, 4.69) is 0 Å². The fourth-order valence-corrected chi connectivity index (χ4v) is 1.85. The summed E-state index contributed by atoms with van der Waals surface area (Å²) in [7, 11) is 0. The highest BCUT2D eigenvalue weighted by Gasteiger charge is 2.11. The summed E-state index contributed by atoms with van der Waals surface area (Å²) >= 11 is 0. The number of ether oxygens (including phenoxy) is 1. The largest absolute Gasteiger partial charge is 0.478 e. The Morgan fingerprint density at radius 1 is 1.16 bits per heavy atom. The van der Waals surface area contributed by atoms with Crippen LogP contribution in [0.5, 0.6) is 11.5 Å². The highest BCUT2D eigenvalue weighted by molar-refractivity contribution is 5.90. The van der Waals surface area contributed by atoms with Gasteiger partial charge < -0.3 is 15.6 Å². The molecule has 0 aliphatic carbocycles. The van der Waals surface area contributed by atoms with Gasteiger partial charge in [0.15, 0.2) is 0 Å². The summed E-state index contributed by atoms with van der Waals surface area (Å²) < 4.78 is 5.65. The summed E-state index contributed by atoms with van der Waals surface area (Å²) in [6.07, 6.45) is 0. The van der Waals surface area contributed by atoms with Gasteiger partial charge in [-0.1, -0.05) is 12.1 Å². The van der Waals surface area contributed by atoms with Crippen molar-refractivity contribution in [3.63, 3.8) is 0 Å². The fourth-order valence-electron chi connectivity index (χ4n) is 1.85. The first kappa shape index (κ1) is 13.0. The van der Waals surface area contributed by atoms with Crippen LogP contribution in [0.1, 0.15) is 21.5 Å². The van der Waals surface area contributed by atoms with Crippen molar-refractivity contribution < 1.29 is 14.6 Å². The van der Waals surface area contributed by atoms with Gasteiger partial charge in [-0.3, -0.25) is 0 Å². The fraction of sp³-hybridized carbons (Fsp3) is 0.133. The van der Waals surface area contributed by atoms with E-state index in [9.17, 15) is 4.79 Å². The summed E-state index contributed by atoms with van der Waals surface area (Å²) in [6, 6.07) is 10.1. The first-order chi connectivity index (χ1) is 8.99. The third kappa shape index (κ3) is 2.68. The zero-order valence-electron chi connectivity index (χ0n) is 10.8. The number of nitrogen functional groups attached to an aromatic ring is 1. The summed E-state index contributed by atoms with van der Waals surface area (Å²) in [5.74, 6) is -0.115. The Balaban J connectivity index is 2.39. The summed E-state index contributed by atoms with van der Waals surface area (Å²) in [4.78, 5) is 11.1. The van der Waals surface area contributed by atoms with Crippen molar-refractivity contribution in [1.29, 1.82) is 0 Å². The molecule has 2 rings (SSSR count). The molecule has 19 heavy (non-hydrogen) atoms. The van der Waals surface area contributed by atoms with Gasteiger partial charge in [-0.2, -0.15) is 0 Å². The topological polar surface area (TPSA) is 72.5 Å². The van der Waals surface area contributed by atoms with Gasteiger partial charge in [0.25, 0.3) is 0 Å². The molecule has 0 fully saturated rings. The smallest absolute Gasteiger partial charge is 0.339 e. The molecular weight excluding hydrogens is 242 g/mol. The van der Waals surface area contributed by atoms with Crippen LogP contribution in [0.15, 0.2) is 36.4 Å². The number of rotatable bonds is 3. The van der Waals surface area contributed by atoms with Gasteiger partial charge in [-0.25, -0.2) is 4.79 Å². The second kappa shape index (κ2) is 5.02.